The number of esters is 1. The van der Waals surface area contributed by atoms with Crippen molar-refractivity contribution in [3.8, 4) is 22.4 Å². The number of hydrogen-bond donors (Lipinski definition) is 0. The molecular formula is C27H31NO2. The highest BCUT2D eigenvalue weighted by atomic mass is 16.5. The second-order valence-electron chi connectivity index (χ2n) is 9.15. The summed E-state index contributed by atoms with van der Waals surface area (Å²) in [6.07, 6.45) is 1.42. The van der Waals surface area contributed by atoms with Gasteiger partial charge in [0, 0.05) is 17.8 Å². The molecule has 0 bridgehead atoms. The van der Waals surface area contributed by atoms with E-state index in [2.05, 4.69) is 86.0 Å². The highest BCUT2D eigenvalue weighted by Gasteiger charge is 2.37. The van der Waals surface area contributed by atoms with Crippen LogP contribution in [0.3, 0.4) is 0 Å². The van der Waals surface area contributed by atoms with Crippen molar-refractivity contribution < 1.29 is 9.53 Å². The summed E-state index contributed by atoms with van der Waals surface area (Å²) in [5.41, 5.74) is 7.85. The van der Waals surface area contributed by atoms with Gasteiger partial charge in [-0.25, -0.2) is 0 Å². The quantitative estimate of drug-likeness (QED) is 0.444. The first-order valence-electron chi connectivity index (χ1n) is 10.9. The molecule has 3 aromatic rings. The van der Waals surface area contributed by atoms with E-state index < -0.39 is 0 Å². The van der Waals surface area contributed by atoms with E-state index in [0.29, 0.717) is 13.0 Å². The molecule has 0 amide bonds. The van der Waals surface area contributed by atoms with Gasteiger partial charge in [-0.15, -0.1) is 0 Å². The number of carbonyl (C=O) groups is 1. The van der Waals surface area contributed by atoms with Crippen molar-refractivity contribution in [2.24, 2.45) is 5.41 Å². The zero-order valence-electron chi connectivity index (χ0n) is 18.4. The van der Waals surface area contributed by atoms with Crippen LogP contribution in [0.1, 0.15) is 51.3 Å². The molecule has 0 N–H and O–H groups in total. The van der Waals surface area contributed by atoms with Crippen molar-refractivity contribution in [1.29, 1.82) is 0 Å². The predicted octanol–water partition coefficient (Wildman–Crippen LogP) is 6.46. The number of ether oxygens (including phenoxy) is 1. The average Bonchev–Trinajstić information content (AvgIpc) is 3.19. The van der Waals surface area contributed by atoms with Crippen LogP contribution in [-0.2, 0) is 22.5 Å². The largest absolute Gasteiger partial charge is 0.466 e. The lowest BCUT2D eigenvalue weighted by atomic mass is 9.83. The van der Waals surface area contributed by atoms with Crippen LogP contribution in [0, 0.1) is 5.41 Å². The first-order valence-corrected chi connectivity index (χ1v) is 10.9. The Morgan fingerprint density at radius 1 is 1.03 bits per heavy atom. The molecule has 0 radical (unpaired) electrons. The maximum absolute atomic E-state index is 12.3. The molecule has 1 aromatic heterocycles. The summed E-state index contributed by atoms with van der Waals surface area (Å²) in [5.74, 6) is -0.0330. The summed E-state index contributed by atoms with van der Waals surface area (Å²) < 4.78 is 7.79. The van der Waals surface area contributed by atoms with Crippen LogP contribution in [0.25, 0.3) is 22.4 Å². The molecular weight excluding hydrogens is 370 g/mol. The van der Waals surface area contributed by atoms with Crippen LogP contribution < -0.4 is 0 Å². The lowest BCUT2D eigenvalue weighted by Gasteiger charge is -2.20. The topological polar surface area (TPSA) is 31.2 Å². The average molecular weight is 402 g/mol. The van der Waals surface area contributed by atoms with Crippen LogP contribution in [0.2, 0.25) is 0 Å². The van der Waals surface area contributed by atoms with Crippen LogP contribution >= 0.6 is 0 Å². The Balaban J connectivity index is 1.96. The van der Waals surface area contributed by atoms with E-state index >= 15 is 0 Å². The molecule has 0 aliphatic carbocycles. The maximum Gasteiger partial charge on any atom is 0.306 e. The molecule has 0 saturated heterocycles. The summed E-state index contributed by atoms with van der Waals surface area (Å²) in [6, 6.07) is 21.3. The number of nitrogens with zero attached hydrogens (tertiary/aromatic N) is 1. The predicted molar refractivity (Wildman–Crippen MR) is 122 cm³/mol. The molecule has 1 aliphatic heterocycles. The minimum Gasteiger partial charge on any atom is -0.466 e. The molecule has 0 saturated carbocycles. The van der Waals surface area contributed by atoms with Gasteiger partial charge in [-0.1, -0.05) is 81.4 Å². The highest BCUT2D eigenvalue weighted by Crippen LogP contribution is 2.49. The molecule has 156 valence electrons. The molecule has 3 heteroatoms. The lowest BCUT2D eigenvalue weighted by Crippen LogP contribution is -2.14. The van der Waals surface area contributed by atoms with Gasteiger partial charge < -0.3 is 9.30 Å². The SMILES string of the molecule is CCOC(=O)CC(C)c1c(-c2ccccc2)c(-c2ccccc2)n2c1CC(C)(C)C2. The van der Waals surface area contributed by atoms with Crippen molar-refractivity contribution in [1.82, 2.24) is 4.57 Å². The van der Waals surface area contributed by atoms with Crippen LogP contribution in [0.5, 0.6) is 0 Å². The third-order valence-corrected chi connectivity index (χ3v) is 6.03. The zero-order valence-corrected chi connectivity index (χ0v) is 18.4. The molecule has 1 aliphatic rings. The standard InChI is InChI=1S/C27H31NO2/c1-5-30-23(29)16-19(2)24-22-17-27(3,4)18-28(22)26(21-14-10-7-11-15-21)25(24)20-12-8-6-9-13-20/h6-15,19H,5,16-18H2,1-4H3. The van der Waals surface area contributed by atoms with Crippen LogP contribution in [-0.4, -0.2) is 17.1 Å². The van der Waals surface area contributed by atoms with E-state index in [1.807, 2.05) is 6.92 Å². The molecule has 2 aromatic carbocycles. The number of aromatic nitrogens is 1. The Morgan fingerprint density at radius 2 is 1.63 bits per heavy atom. The van der Waals surface area contributed by atoms with Crippen LogP contribution in [0.4, 0.5) is 0 Å². The fourth-order valence-corrected chi connectivity index (χ4v) is 4.89. The third kappa shape index (κ3) is 3.81. The van der Waals surface area contributed by atoms with E-state index in [9.17, 15) is 4.79 Å². The monoisotopic (exact) mass is 401 g/mol. The van der Waals surface area contributed by atoms with Crippen molar-refractivity contribution in [3.63, 3.8) is 0 Å². The van der Waals surface area contributed by atoms with E-state index in [0.717, 1.165) is 13.0 Å². The summed E-state index contributed by atoms with van der Waals surface area (Å²) >= 11 is 0. The molecule has 0 spiro atoms. The minimum absolute atomic E-state index is 0.0897. The number of hydrogen-bond acceptors (Lipinski definition) is 2. The lowest BCUT2D eigenvalue weighted by molar-refractivity contribution is -0.143. The minimum atomic E-state index is -0.123. The van der Waals surface area contributed by atoms with E-state index in [-0.39, 0.29) is 17.3 Å². The van der Waals surface area contributed by atoms with Gasteiger partial charge in [-0.3, -0.25) is 4.79 Å². The second-order valence-corrected chi connectivity index (χ2v) is 9.15. The number of carbonyl (C=O) groups excluding carboxylic acids is 1. The van der Waals surface area contributed by atoms with E-state index in [1.54, 1.807) is 0 Å². The second kappa shape index (κ2) is 8.14. The van der Waals surface area contributed by atoms with Gasteiger partial charge in [0.25, 0.3) is 0 Å². The van der Waals surface area contributed by atoms with Crippen molar-refractivity contribution in [2.45, 2.75) is 53.0 Å². The molecule has 1 atom stereocenters. The molecule has 2 heterocycles. The van der Waals surface area contributed by atoms with E-state index in [4.69, 9.17) is 4.74 Å². The summed E-state index contributed by atoms with van der Waals surface area (Å²) in [7, 11) is 0. The number of rotatable bonds is 6. The summed E-state index contributed by atoms with van der Waals surface area (Å²) in [4.78, 5) is 12.3. The molecule has 1 unspecified atom stereocenters. The van der Waals surface area contributed by atoms with Gasteiger partial charge in [-0.2, -0.15) is 0 Å². The van der Waals surface area contributed by atoms with Crippen LogP contribution in [0.15, 0.2) is 60.7 Å². The fourth-order valence-electron chi connectivity index (χ4n) is 4.89. The van der Waals surface area contributed by atoms with E-state index in [1.165, 1.54) is 33.6 Å². The van der Waals surface area contributed by atoms with Gasteiger partial charge >= 0.3 is 5.97 Å². The highest BCUT2D eigenvalue weighted by molar-refractivity contribution is 5.87. The Hall–Kier alpha value is -2.81. The summed E-state index contributed by atoms with van der Waals surface area (Å²) in [5, 5.41) is 0. The van der Waals surface area contributed by atoms with Gasteiger partial charge in [0.05, 0.1) is 18.7 Å². The maximum atomic E-state index is 12.3. The zero-order chi connectivity index (χ0) is 21.3. The van der Waals surface area contributed by atoms with Gasteiger partial charge in [-0.05, 0) is 41.4 Å². The van der Waals surface area contributed by atoms with Crippen molar-refractivity contribution >= 4 is 5.97 Å². The first kappa shape index (κ1) is 20.5. The normalized spacial score (nSPS) is 15.6. The van der Waals surface area contributed by atoms with Crippen molar-refractivity contribution in [2.75, 3.05) is 6.61 Å². The Kier molecular flexibility index (Phi) is 5.55. The third-order valence-electron chi connectivity index (χ3n) is 6.03. The Labute approximate surface area is 179 Å². The Bertz CT molecular complexity index is 1030. The number of fused-ring (bicyclic) bond motifs is 1. The van der Waals surface area contributed by atoms with Gasteiger partial charge in [0.15, 0.2) is 0 Å². The van der Waals surface area contributed by atoms with Crippen molar-refractivity contribution in [3.05, 3.63) is 71.9 Å². The fraction of sp³-hybridized carbons (Fsp3) is 0.370. The summed E-state index contributed by atoms with van der Waals surface area (Å²) in [6.45, 7) is 10.1. The molecule has 3 nitrogen and oxygen atoms in total. The smallest absolute Gasteiger partial charge is 0.306 e. The first-order chi connectivity index (χ1) is 14.4. The molecule has 30 heavy (non-hydrogen) atoms. The van der Waals surface area contributed by atoms with Gasteiger partial charge in [0.2, 0.25) is 0 Å². The Morgan fingerprint density at radius 3 is 2.23 bits per heavy atom. The molecule has 4 rings (SSSR count). The molecule has 0 fully saturated rings. The van der Waals surface area contributed by atoms with Gasteiger partial charge in [0.1, 0.15) is 0 Å². The number of benzene rings is 2.